The topological polar surface area (TPSA) is 52.6 Å². The molecule has 1 saturated carbocycles. The van der Waals surface area contributed by atoms with Gasteiger partial charge in [-0.05, 0) is 19.3 Å². The molecule has 1 fully saturated rings. The number of carbonyl (C=O) groups excluding carboxylic acids is 2. The van der Waals surface area contributed by atoms with Gasteiger partial charge in [0.15, 0.2) is 6.10 Å². The van der Waals surface area contributed by atoms with Gasteiger partial charge in [0, 0.05) is 5.92 Å². The summed E-state index contributed by atoms with van der Waals surface area (Å²) in [5, 5.41) is 0. The molecule has 164 valence electrons. The third kappa shape index (κ3) is 5.24. The van der Waals surface area contributed by atoms with E-state index in [1.54, 1.807) is 29.5 Å². The van der Waals surface area contributed by atoms with Crippen molar-refractivity contribution in [3.05, 3.63) is 0 Å². The second kappa shape index (κ2) is 9.38. The van der Waals surface area contributed by atoms with Gasteiger partial charge in [-0.1, -0.05) is 56.2 Å². The highest BCUT2D eigenvalue weighted by molar-refractivity contribution is 14.1. The molecule has 4 nitrogen and oxygen atoms in total. The van der Waals surface area contributed by atoms with Crippen molar-refractivity contribution in [3.8, 4) is 0 Å². The summed E-state index contributed by atoms with van der Waals surface area (Å²) in [5.74, 6) is -5.33. The van der Waals surface area contributed by atoms with E-state index in [9.17, 15) is 35.9 Å². The molecule has 1 rings (SSSR count). The van der Waals surface area contributed by atoms with Crippen molar-refractivity contribution in [2.75, 3.05) is 0 Å². The van der Waals surface area contributed by atoms with Gasteiger partial charge in [-0.3, -0.25) is 9.59 Å². The van der Waals surface area contributed by atoms with Gasteiger partial charge < -0.3 is 9.47 Å². The van der Waals surface area contributed by atoms with Crippen LogP contribution in [0.2, 0.25) is 0 Å². The van der Waals surface area contributed by atoms with Gasteiger partial charge >= 0.3 is 29.9 Å². The number of hydrogen-bond donors (Lipinski definition) is 0. The molecule has 0 aromatic carbocycles. The van der Waals surface area contributed by atoms with Crippen molar-refractivity contribution in [3.63, 3.8) is 0 Å². The maximum Gasteiger partial charge on any atom is 0.441 e. The van der Waals surface area contributed by atoms with Crippen LogP contribution in [0.25, 0.3) is 0 Å². The molecule has 0 heterocycles. The van der Waals surface area contributed by atoms with Gasteiger partial charge in [0.2, 0.25) is 0 Å². The van der Waals surface area contributed by atoms with E-state index in [1.165, 1.54) is 0 Å². The van der Waals surface area contributed by atoms with Gasteiger partial charge in [-0.25, -0.2) is 0 Å². The van der Waals surface area contributed by atoms with Gasteiger partial charge in [-0.15, -0.1) is 0 Å². The molecule has 2 atom stereocenters. The molecule has 0 amide bonds. The Labute approximate surface area is 172 Å². The minimum Gasteiger partial charge on any atom is -0.456 e. The van der Waals surface area contributed by atoms with Crippen LogP contribution in [-0.4, -0.2) is 39.9 Å². The lowest BCUT2D eigenvalue weighted by atomic mass is 9.83. The Morgan fingerprint density at radius 1 is 1.00 bits per heavy atom. The molecule has 0 N–H and O–H groups in total. The van der Waals surface area contributed by atoms with E-state index >= 15 is 0 Å². The molecule has 0 radical (unpaired) electrons. The van der Waals surface area contributed by atoms with Gasteiger partial charge in [0.05, 0.1) is 5.92 Å². The van der Waals surface area contributed by atoms with Crippen molar-refractivity contribution in [2.24, 2.45) is 11.8 Å². The number of rotatable bonds is 7. The van der Waals surface area contributed by atoms with Gasteiger partial charge in [-0.2, -0.15) is 26.3 Å². The maximum atomic E-state index is 13.9. The zero-order valence-electron chi connectivity index (χ0n) is 15.6. The number of ether oxygens (including phenoxy) is 2. The average molecular weight is 532 g/mol. The molecule has 2 unspecified atom stereocenters. The lowest BCUT2D eigenvalue weighted by molar-refractivity contribution is -0.397. The summed E-state index contributed by atoms with van der Waals surface area (Å²) >= 11 is 1.59. The molecule has 0 aromatic rings. The highest BCUT2D eigenvalue weighted by atomic mass is 127. The van der Waals surface area contributed by atoms with Gasteiger partial charge in [0.25, 0.3) is 0 Å². The molecule has 0 aliphatic heterocycles. The van der Waals surface area contributed by atoms with Crippen LogP contribution >= 0.6 is 22.6 Å². The Bertz CT molecular complexity index is 541. The predicted octanol–water partition coefficient (Wildman–Crippen LogP) is 5.36. The highest BCUT2D eigenvalue weighted by Gasteiger charge is 2.80. The van der Waals surface area contributed by atoms with Crippen LogP contribution in [0.1, 0.15) is 52.9 Å². The number of alkyl halides is 7. The predicted molar refractivity (Wildman–Crippen MR) is 95.7 cm³/mol. The van der Waals surface area contributed by atoms with Crippen LogP contribution in [-0.2, 0) is 19.1 Å². The molecular formula is C17H23F6IO4. The first kappa shape index (κ1) is 25.3. The lowest BCUT2D eigenvalue weighted by Crippen LogP contribution is -2.69. The smallest absolute Gasteiger partial charge is 0.441 e. The van der Waals surface area contributed by atoms with E-state index in [1.807, 2.05) is 0 Å². The van der Waals surface area contributed by atoms with E-state index in [4.69, 9.17) is 4.74 Å². The van der Waals surface area contributed by atoms with Crippen molar-refractivity contribution >= 4 is 34.5 Å². The maximum absolute atomic E-state index is 13.9. The third-order valence-electron chi connectivity index (χ3n) is 4.66. The van der Waals surface area contributed by atoms with Crippen molar-refractivity contribution in [1.82, 2.24) is 0 Å². The van der Waals surface area contributed by atoms with Gasteiger partial charge in [0.1, 0.15) is 3.92 Å². The highest BCUT2D eigenvalue weighted by Crippen LogP contribution is 2.53. The Kier molecular flexibility index (Phi) is 8.47. The number of halogens is 7. The monoisotopic (exact) mass is 532 g/mol. The van der Waals surface area contributed by atoms with E-state index in [2.05, 4.69) is 4.74 Å². The molecule has 28 heavy (non-hydrogen) atoms. The molecule has 0 spiro atoms. The van der Waals surface area contributed by atoms with Crippen LogP contribution < -0.4 is 0 Å². The quantitative estimate of drug-likeness (QED) is 0.192. The Balaban J connectivity index is 3.59. The Morgan fingerprint density at radius 2 is 1.46 bits per heavy atom. The molecule has 1 aliphatic rings. The summed E-state index contributed by atoms with van der Waals surface area (Å²) < 4.78 is 91.7. The fraction of sp³-hybridized carbons (Fsp3) is 0.882. The Hall–Kier alpha value is -0.750. The summed E-state index contributed by atoms with van der Waals surface area (Å²) in [6, 6.07) is 0. The average Bonchev–Trinajstić information content (AvgIpc) is 3.08. The molecule has 0 bridgehead atoms. The SMILES string of the molecule is CCC(I)C(=O)OC(C1CCCC1)C(OC(=O)C(C)C)(C(F)(F)F)C(F)(F)F. The standard InChI is InChI=1S/C17H23F6IO4/c1-4-11(24)14(26)27-12(10-7-5-6-8-10)15(16(18,19)20,17(21,22)23)28-13(25)9(2)3/h9-12H,4-8H2,1-3H3. The molecular weight excluding hydrogens is 509 g/mol. The number of esters is 2. The second-order valence-electron chi connectivity index (χ2n) is 7.08. The first-order valence-corrected chi connectivity index (χ1v) is 10.1. The minimum atomic E-state index is -6.03. The molecule has 0 saturated heterocycles. The van der Waals surface area contributed by atoms with Crippen LogP contribution in [0.15, 0.2) is 0 Å². The van der Waals surface area contributed by atoms with Crippen LogP contribution in [0.3, 0.4) is 0 Å². The number of hydrogen-bond acceptors (Lipinski definition) is 4. The summed E-state index contributed by atoms with van der Waals surface area (Å²) in [4.78, 5) is 24.0. The second-order valence-corrected chi connectivity index (χ2v) is 8.59. The van der Waals surface area contributed by atoms with E-state index < -0.39 is 51.8 Å². The van der Waals surface area contributed by atoms with Crippen molar-refractivity contribution in [1.29, 1.82) is 0 Å². The lowest BCUT2D eigenvalue weighted by Gasteiger charge is -2.43. The fourth-order valence-electron chi connectivity index (χ4n) is 3.07. The van der Waals surface area contributed by atoms with Crippen LogP contribution in [0.4, 0.5) is 26.3 Å². The first-order chi connectivity index (χ1) is 12.7. The molecule has 0 aromatic heterocycles. The fourth-order valence-corrected chi connectivity index (χ4v) is 3.22. The zero-order valence-corrected chi connectivity index (χ0v) is 17.8. The summed E-state index contributed by atoms with van der Waals surface area (Å²) in [7, 11) is 0. The summed E-state index contributed by atoms with van der Waals surface area (Å²) in [6.45, 7) is 3.78. The van der Waals surface area contributed by atoms with E-state index in [-0.39, 0.29) is 19.3 Å². The Morgan fingerprint density at radius 3 is 1.82 bits per heavy atom. The minimum absolute atomic E-state index is 0.00310. The zero-order chi connectivity index (χ0) is 21.9. The number of carbonyl (C=O) groups is 2. The molecule has 11 heteroatoms. The van der Waals surface area contributed by atoms with E-state index in [0.717, 1.165) is 13.8 Å². The van der Waals surface area contributed by atoms with Crippen LogP contribution in [0, 0.1) is 11.8 Å². The third-order valence-corrected chi connectivity index (χ3v) is 6.05. The summed E-state index contributed by atoms with van der Waals surface area (Å²) in [6.07, 6.45) is -13.8. The molecule has 1 aliphatic carbocycles. The van der Waals surface area contributed by atoms with Crippen molar-refractivity contribution < 1.29 is 45.4 Å². The largest absolute Gasteiger partial charge is 0.456 e. The normalized spacial score (nSPS) is 18.8. The summed E-state index contributed by atoms with van der Waals surface area (Å²) in [5.41, 5.74) is -4.92. The van der Waals surface area contributed by atoms with E-state index in [0.29, 0.717) is 12.8 Å². The van der Waals surface area contributed by atoms with Crippen molar-refractivity contribution in [2.45, 2.75) is 80.9 Å². The van der Waals surface area contributed by atoms with Crippen LogP contribution in [0.5, 0.6) is 0 Å². The first-order valence-electron chi connectivity index (χ1n) is 8.89.